The quantitative estimate of drug-likeness (QED) is 0.589. The van der Waals surface area contributed by atoms with E-state index in [1.54, 1.807) is 11.8 Å². The zero-order valence-electron chi connectivity index (χ0n) is 9.66. The van der Waals surface area contributed by atoms with Gasteiger partial charge in [-0.3, -0.25) is 16.0 Å². The lowest BCUT2D eigenvalue weighted by Crippen LogP contribution is -2.65. The second kappa shape index (κ2) is 6.66. The fourth-order valence-electron chi connectivity index (χ4n) is 1.66. The van der Waals surface area contributed by atoms with Crippen LogP contribution in [0.1, 0.15) is 0 Å². The lowest BCUT2D eigenvalue weighted by atomic mass is 10.3. The Labute approximate surface area is 126 Å². The van der Waals surface area contributed by atoms with E-state index in [4.69, 9.17) is 34.8 Å². The summed E-state index contributed by atoms with van der Waals surface area (Å²) in [5.41, 5.74) is -0.432. The average Bonchev–Trinajstić information content (AvgIpc) is 2.35. The van der Waals surface area contributed by atoms with Crippen LogP contribution in [0.25, 0.3) is 0 Å². The van der Waals surface area contributed by atoms with Crippen LogP contribution in [0.4, 0.5) is 0 Å². The summed E-state index contributed by atoms with van der Waals surface area (Å²) in [6.07, 6.45) is -0.0722. The van der Waals surface area contributed by atoms with E-state index in [-0.39, 0.29) is 22.5 Å². The second-order valence-electron chi connectivity index (χ2n) is 3.89. The Morgan fingerprint density at radius 2 is 1.67 bits per heavy atom. The van der Waals surface area contributed by atoms with E-state index in [1.165, 1.54) is 0 Å². The summed E-state index contributed by atoms with van der Waals surface area (Å²) in [6.45, 7) is 0. The van der Waals surface area contributed by atoms with Crippen LogP contribution in [-0.2, 0) is 0 Å². The number of thioether (sulfide) groups is 1. The number of alkyl halides is 2. The predicted octanol–water partition coefficient (Wildman–Crippen LogP) is 2.63. The number of hydrogen-bond acceptors (Lipinski definition) is 4. The minimum atomic E-state index is -0.216. The Morgan fingerprint density at radius 1 is 1.11 bits per heavy atom. The molecule has 7 heteroatoms. The van der Waals surface area contributed by atoms with Gasteiger partial charge in [0, 0.05) is 9.92 Å². The molecule has 1 aliphatic rings. The van der Waals surface area contributed by atoms with E-state index >= 15 is 0 Å². The normalized spacial score (nSPS) is 32.4. The summed E-state index contributed by atoms with van der Waals surface area (Å²) < 4.78 is 0. The topological polar surface area (TPSA) is 36.1 Å². The van der Waals surface area contributed by atoms with Crippen molar-refractivity contribution in [2.75, 3.05) is 7.05 Å². The molecule has 1 aliphatic heterocycles. The van der Waals surface area contributed by atoms with Crippen molar-refractivity contribution in [2.24, 2.45) is 0 Å². The SMILES string of the molecule is CNC1NC(Cl)C(Sc2ccc(Cl)cc2)C(Cl)N1. The molecule has 100 valence electrons. The molecule has 2 rings (SSSR count). The lowest BCUT2D eigenvalue weighted by molar-refractivity contribution is 0.302. The highest BCUT2D eigenvalue weighted by Crippen LogP contribution is 2.32. The van der Waals surface area contributed by atoms with Gasteiger partial charge in [0.15, 0.2) is 0 Å². The lowest BCUT2D eigenvalue weighted by Gasteiger charge is -2.38. The molecule has 2 unspecified atom stereocenters. The van der Waals surface area contributed by atoms with Crippen LogP contribution in [0.3, 0.4) is 0 Å². The minimum absolute atomic E-state index is 0.0270. The molecule has 1 aromatic carbocycles. The van der Waals surface area contributed by atoms with Gasteiger partial charge in [0.2, 0.25) is 0 Å². The molecule has 1 heterocycles. The summed E-state index contributed by atoms with van der Waals surface area (Å²) in [6, 6.07) is 7.64. The maximum absolute atomic E-state index is 6.31. The average molecular weight is 327 g/mol. The third kappa shape index (κ3) is 3.67. The van der Waals surface area contributed by atoms with Crippen molar-refractivity contribution in [3.05, 3.63) is 29.3 Å². The molecule has 0 spiro atoms. The molecule has 1 fully saturated rings. The van der Waals surface area contributed by atoms with Crippen molar-refractivity contribution in [2.45, 2.75) is 27.4 Å². The highest BCUT2D eigenvalue weighted by atomic mass is 35.5. The van der Waals surface area contributed by atoms with Gasteiger partial charge in [-0.05, 0) is 31.3 Å². The number of rotatable bonds is 3. The molecule has 0 radical (unpaired) electrons. The maximum Gasteiger partial charge on any atom is 0.114 e. The van der Waals surface area contributed by atoms with Gasteiger partial charge < -0.3 is 0 Å². The molecule has 0 aliphatic carbocycles. The van der Waals surface area contributed by atoms with Crippen molar-refractivity contribution in [1.29, 1.82) is 0 Å². The zero-order chi connectivity index (χ0) is 13.1. The monoisotopic (exact) mass is 325 g/mol. The number of halogens is 3. The first-order valence-electron chi connectivity index (χ1n) is 5.50. The second-order valence-corrected chi connectivity index (χ2v) is 6.52. The largest absolute Gasteiger partial charge is 0.293 e. The van der Waals surface area contributed by atoms with E-state index in [0.717, 1.165) is 9.92 Å². The third-order valence-corrected chi connectivity index (χ3v) is 5.31. The molecule has 1 aromatic rings. The fraction of sp³-hybridized carbons (Fsp3) is 0.455. The fourth-order valence-corrected chi connectivity index (χ4v) is 3.72. The first kappa shape index (κ1) is 14.7. The smallest absolute Gasteiger partial charge is 0.114 e. The van der Waals surface area contributed by atoms with E-state index in [0.29, 0.717) is 0 Å². The summed E-state index contributed by atoms with van der Waals surface area (Å²) in [7, 11) is 1.84. The van der Waals surface area contributed by atoms with Crippen LogP contribution in [0, 0.1) is 0 Å². The Bertz CT molecular complexity index is 378. The van der Waals surface area contributed by atoms with Gasteiger partial charge in [-0.2, -0.15) is 0 Å². The molecule has 1 saturated heterocycles. The molecule has 0 aromatic heterocycles. The molecule has 18 heavy (non-hydrogen) atoms. The predicted molar refractivity (Wildman–Crippen MR) is 79.5 cm³/mol. The van der Waals surface area contributed by atoms with E-state index in [1.807, 2.05) is 31.3 Å². The van der Waals surface area contributed by atoms with Gasteiger partial charge in [0.05, 0.1) is 16.3 Å². The molecule has 2 atom stereocenters. The van der Waals surface area contributed by atoms with Crippen LogP contribution < -0.4 is 16.0 Å². The molecule has 3 N–H and O–H groups in total. The van der Waals surface area contributed by atoms with Gasteiger partial charge in [0.1, 0.15) is 6.29 Å². The van der Waals surface area contributed by atoms with Gasteiger partial charge in [0.25, 0.3) is 0 Å². The molecular formula is C11H14Cl3N3S. The Hall–Kier alpha value is 0.320. The number of hydrogen-bond donors (Lipinski definition) is 3. The van der Waals surface area contributed by atoms with Crippen LogP contribution in [0.15, 0.2) is 29.2 Å². The van der Waals surface area contributed by atoms with Crippen molar-refractivity contribution >= 4 is 46.6 Å². The molecule has 0 saturated carbocycles. The van der Waals surface area contributed by atoms with Crippen molar-refractivity contribution in [3.8, 4) is 0 Å². The Morgan fingerprint density at radius 3 is 2.17 bits per heavy atom. The first-order valence-corrected chi connectivity index (χ1v) is 7.63. The van der Waals surface area contributed by atoms with Crippen molar-refractivity contribution in [1.82, 2.24) is 16.0 Å². The van der Waals surface area contributed by atoms with E-state index in [2.05, 4.69) is 16.0 Å². The Kier molecular flexibility index (Phi) is 5.45. The highest BCUT2D eigenvalue weighted by molar-refractivity contribution is 8.00. The van der Waals surface area contributed by atoms with Gasteiger partial charge >= 0.3 is 0 Å². The van der Waals surface area contributed by atoms with Gasteiger partial charge in [-0.15, -0.1) is 35.0 Å². The standard InChI is InChI=1S/C11H14Cl3N3S/c1-15-11-16-9(13)8(10(14)17-11)18-7-4-2-6(12)3-5-7/h2-5,8-11,15-17H,1H3. The van der Waals surface area contributed by atoms with E-state index in [9.17, 15) is 0 Å². The van der Waals surface area contributed by atoms with Gasteiger partial charge in [-0.1, -0.05) is 11.6 Å². The number of nitrogens with one attached hydrogen (secondary N) is 3. The van der Waals surface area contributed by atoms with E-state index < -0.39 is 0 Å². The van der Waals surface area contributed by atoms with Crippen molar-refractivity contribution < 1.29 is 0 Å². The van der Waals surface area contributed by atoms with Crippen LogP contribution in [0.5, 0.6) is 0 Å². The van der Waals surface area contributed by atoms with Crippen LogP contribution >= 0.6 is 46.6 Å². The summed E-state index contributed by atoms with van der Waals surface area (Å²) >= 11 is 20.1. The highest BCUT2D eigenvalue weighted by Gasteiger charge is 2.35. The molecule has 3 nitrogen and oxygen atoms in total. The van der Waals surface area contributed by atoms with Crippen molar-refractivity contribution in [3.63, 3.8) is 0 Å². The zero-order valence-corrected chi connectivity index (χ0v) is 12.7. The van der Waals surface area contributed by atoms with Crippen LogP contribution in [0.2, 0.25) is 5.02 Å². The first-order chi connectivity index (χ1) is 8.60. The van der Waals surface area contributed by atoms with Crippen LogP contribution in [-0.4, -0.2) is 29.6 Å². The minimum Gasteiger partial charge on any atom is -0.293 e. The number of benzene rings is 1. The summed E-state index contributed by atoms with van der Waals surface area (Å²) in [4.78, 5) is 1.09. The molecule has 0 bridgehead atoms. The third-order valence-electron chi connectivity index (χ3n) is 2.60. The Balaban J connectivity index is 2.02. The maximum atomic E-state index is 6.31. The molecular weight excluding hydrogens is 313 g/mol. The molecule has 0 amide bonds. The summed E-state index contributed by atoms with van der Waals surface area (Å²) in [5, 5.41) is 10.2. The van der Waals surface area contributed by atoms with Gasteiger partial charge in [-0.25, -0.2) is 0 Å². The summed E-state index contributed by atoms with van der Waals surface area (Å²) in [5.74, 6) is 0.